The standard InChI is InChI=1S/C20H24ClN3O/c1-5-12(6-2)15-11-22-18(20-19(15)23-17(7-3)24-20)14-9-8-13(25-4)10-16(14)21/h8-12H,5-7H2,1-4H3,(H,23,24). The Bertz CT molecular complexity index is 884. The van der Waals surface area contributed by atoms with Crippen molar-refractivity contribution < 1.29 is 4.74 Å². The molecule has 0 aliphatic carbocycles. The van der Waals surface area contributed by atoms with Crippen LogP contribution < -0.4 is 4.74 Å². The molecule has 5 heteroatoms. The molecule has 0 radical (unpaired) electrons. The zero-order valence-corrected chi connectivity index (χ0v) is 15.9. The third-order valence-electron chi connectivity index (χ3n) is 4.79. The summed E-state index contributed by atoms with van der Waals surface area (Å²) in [5, 5.41) is 0.615. The molecule has 0 saturated carbocycles. The van der Waals surface area contributed by atoms with Gasteiger partial charge in [0.1, 0.15) is 17.1 Å². The molecule has 0 saturated heterocycles. The molecule has 1 aromatic carbocycles. The van der Waals surface area contributed by atoms with Crippen LogP contribution in [-0.2, 0) is 6.42 Å². The average molecular weight is 358 g/mol. The van der Waals surface area contributed by atoms with Crippen molar-refractivity contribution in [3.05, 3.63) is 40.8 Å². The van der Waals surface area contributed by atoms with Gasteiger partial charge in [-0.15, -0.1) is 0 Å². The molecule has 0 aliphatic heterocycles. The number of aromatic nitrogens is 3. The minimum Gasteiger partial charge on any atom is -0.497 e. The van der Waals surface area contributed by atoms with Crippen molar-refractivity contribution in [2.45, 2.75) is 46.0 Å². The van der Waals surface area contributed by atoms with Crippen LogP contribution in [0.3, 0.4) is 0 Å². The molecule has 25 heavy (non-hydrogen) atoms. The number of ether oxygens (including phenoxy) is 1. The lowest BCUT2D eigenvalue weighted by Crippen LogP contribution is -1.99. The highest BCUT2D eigenvalue weighted by Gasteiger charge is 2.19. The largest absolute Gasteiger partial charge is 0.497 e. The number of halogens is 1. The molecular weight excluding hydrogens is 334 g/mol. The Kier molecular flexibility index (Phi) is 5.28. The van der Waals surface area contributed by atoms with Crippen molar-refractivity contribution in [3.63, 3.8) is 0 Å². The molecule has 3 aromatic rings. The molecular formula is C20H24ClN3O. The number of hydrogen-bond donors (Lipinski definition) is 1. The second-order valence-corrected chi connectivity index (χ2v) is 6.59. The lowest BCUT2D eigenvalue weighted by molar-refractivity contribution is 0.415. The molecule has 3 rings (SSSR count). The number of nitrogens with one attached hydrogen (secondary N) is 1. The van der Waals surface area contributed by atoms with Crippen molar-refractivity contribution in [2.75, 3.05) is 7.11 Å². The van der Waals surface area contributed by atoms with Crippen molar-refractivity contribution in [2.24, 2.45) is 0 Å². The predicted octanol–water partition coefficient (Wildman–Crippen LogP) is 5.75. The molecule has 0 amide bonds. The van der Waals surface area contributed by atoms with Crippen LogP contribution in [0.1, 0.15) is 50.9 Å². The normalized spacial score (nSPS) is 11.4. The van der Waals surface area contributed by atoms with Gasteiger partial charge >= 0.3 is 0 Å². The van der Waals surface area contributed by atoms with Gasteiger partial charge in [0.25, 0.3) is 0 Å². The molecule has 1 N–H and O–H groups in total. The Hall–Kier alpha value is -2.07. The summed E-state index contributed by atoms with van der Waals surface area (Å²) >= 11 is 6.48. The Morgan fingerprint density at radius 2 is 1.96 bits per heavy atom. The van der Waals surface area contributed by atoms with E-state index in [1.807, 2.05) is 24.4 Å². The fraction of sp³-hybridized carbons (Fsp3) is 0.400. The average Bonchev–Trinajstić information content (AvgIpc) is 3.07. The molecule has 0 unspecified atom stereocenters. The van der Waals surface area contributed by atoms with E-state index in [0.29, 0.717) is 10.9 Å². The third-order valence-corrected chi connectivity index (χ3v) is 5.10. The lowest BCUT2D eigenvalue weighted by Gasteiger charge is -2.15. The van der Waals surface area contributed by atoms with Crippen molar-refractivity contribution in [1.82, 2.24) is 15.0 Å². The van der Waals surface area contributed by atoms with E-state index in [9.17, 15) is 0 Å². The number of fused-ring (bicyclic) bond motifs is 1. The highest BCUT2D eigenvalue weighted by molar-refractivity contribution is 6.33. The zero-order valence-electron chi connectivity index (χ0n) is 15.2. The Balaban J connectivity index is 2.23. The Morgan fingerprint density at radius 1 is 1.20 bits per heavy atom. The fourth-order valence-corrected chi connectivity index (χ4v) is 3.54. The second-order valence-electron chi connectivity index (χ2n) is 6.18. The van der Waals surface area contributed by atoms with Gasteiger partial charge in [0, 0.05) is 18.2 Å². The molecule has 0 atom stereocenters. The van der Waals surface area contributed by atoms with Crippen LogP contribution in [0.25, 0.3) is 22.3 Å². The molecule has 2 aromatic heterocycles. The Morgan fingerprint density at radius 3 is 2.56 bits per heavy atom. The van der Waals surface area contributed by atoms with Gasteiger partial charge in [0.2, 0.25) is 0 Å². The number of aryl methyl sites for hydroxylation is 1. The summed E-state index contributed by atoms with van der Waals surface area (Å²) in [6, 6.07) is 5.66. The summed E-state index contributed by atoms with van der Waals surface area (Å²) in [4.78, 5) is 13.0. The van der Waals surface area contributed by atoms with E-state index in [4.69, 9.17) is 26.3 Å². The van der Waals surface area contributed by atoms with E-state index in [1.165, 1.54) is 5.56 Å². The van der Waals surface area contributed by atoms with Crippen molar-refractivity contribution in [3.8, 4) is 17.0 Å². The molecule has 2 heterocycles. The third kappa shape index (κ3) is 3.23. The predicted molar refractivity (Wildman–Crippen MR) is 104 cm³/mol. The van der Waals surface area contributed by atoms with Crippen LogP contribution in [0.4, 0.5) is 0 Å². The maximum absolute atomic E-state index is 6.48. The lowest BCUT2D eigenvalue weighted by atomic mass is 9.93. The first-order chi connectivity index (χ1) is 12.1. The first kappa shape index (κ1) is 17.7. The quantitative estimate of drug-likeness (QED) is 0.610. The van der Waals surface area contributed by atoms with Gasteiger partial charge in [-0.3, -0.25) is 4.98 Å². The van der Waals surface area contributed by atoms with E-state index >= 15 is 0 Å². The summed E-state index contributed by atoms with van der Waals surface area (Å²) in [5.41, 5.74) is 4.90. The first-order valence-corrected chi connectivity index (χ1v) is 9.22. The number of nitrogens with zero attached hydrogens (tertiary/aromatic N) is 2. The molecule has 0 fully saturated rings. The summed E-state index contributed by atoms with van der Waals surface area (Å²) in [7, 11) is 1.63. The highest BCUT2D eigenvalue weighted by atomic mass is 35.5. The Labute approximate surface area is 153 Å². The van der Waals surface area contributed by atoms with Gasteiger partial charge in [0.15, 0.2) is 0 Å². The van der Waals surface area contributed by atoms with Crippen LogP contribution in [0, 0.1) is 0 Å². The number of imidazole rings is 1. The summed E-state index contributed by atoms with van der Waals surface area (Å²) < 4.78 is 5.25. The molecule has 0 aliphatic rings. The van der Waals surface area contributed by atoms with Crippen LogP contribution >= 0.6 is 11.6 Å². The van der Waals surface area contributed by atoms with Gasteiger partial charge in [0.05, 0.1) is 23.3 Å². The number of aromatic amines is 1. The topological polar surface area (TPSA) is 50.8 Å². The monoisotopic (exact) mass is 357 g/mol. The van der Waals surface area contributed by atoms with Gasteiger partial charge < -0.3 is 9.72 Å². The summed E-state index contributed by atoms with van der Waals surface area (Å²) in [5.74, 6) is 2.18. The highest BCUT2D eigenvalue weighted by Crippen LogP contribution is 2.36. The number of benzene rings is 1. The maximum Gasteiger partial charge on any atom is 0.120 e. The number of H-pyrrole nitrogens is 1. The van der Waals surface area contributed by atoms with Crippen LogP contribution in [0.5, 0.6) is 5.75 Å². The maximum atomic E-state index is 6.48. The number of pyridine rings is 1. The fourth-order valence-electron chi connectivity index (χ4n) is 3.28. The molecule has 4 nitrogen and oxygen atoms in total. The molecule has 0 bridgehead atoms. The second kappa shape index (κ2) is 7.44. The van der Waals surface area contributed by atoms with Gasteiger partial charge in [-0.25, -0.2) is 4.98 Å². The van der Waals surface area contributed by atoms with Gasteiger partial charge in [-0.2, -0.15) is 0 Å². The van der Waals surface area contributed by atoms with Crippen LogP contribution in [-0.4, -0.2) is 22.1 Å². The van der Waals surface area contributed by atoms with Crippen molar-refractivity contribution >= 4 is 22.6 Å². The van der Waals surface area contributed by atoms with E-state index in [1.54, 1.807) is 7.11 Å². The molecule has 0 spiro atoms. The van der Waals surface area contributed by atoms with E-state index in [-0.39, 0.29) is 0 Å². The summed E-state index contributed by atoms with van der Waals surface area (Å²) in [6.45, 7) is 6.53. The number of rotatable bonds is 6. The van der Waals surface area contributed by atoms with E-state index in [0.717, 1.165) is 53.1 Å². The number of hydrogen-bond acceptors (Lipinski definition) is 3. The van der Waals surface area contributed by atoms with Crippen LogP contribution in [0.15, 0.2) is 24.4 Å². The van der Waals surface area contributed by atoms with E-state index in [2.05, 4.69) is 25.8 Å². The van der Waals surface area contributed by atoms with Crippen molar-refractivity contribution in [1.29, 1.82) is 0 Å². The summed E-state index contributed by atoms with van der Waals surface area (Å²) in [6.07, 6.45) is 4.99. The minimum absolute atomic E-state index is 0.473. The SMILES string of the molecule is CCc1nc2c(-c3ccc(OC)cc3Cl)ncc(C(CC)CC)c2[nH]1. The van der Waals surface area contributed by atoms with Gasteiger partial charge in [-0.1, -0.05) is 32.4 Å². The minimum atomic E-state index is 0.473. The molecule has 132 valence electrons. The number of methoxy groups -OCH3 is 1. The first-order valence-electron chi connectivity index (χ1n) is 8.84. The van der Waals surface area contributed by atoms with Crippen LogP contribution in [0.2, 0.25) is 5.02 Å². The van der Waals surface area contributed by atoms with E-state index < -0.39 is 0 Å². The smallest absolute Gasteiger partial charge is 0.120 e. The van der Waals surface area contributed by atoms with Gasteiger partial charge in [-0.05, 0) is 42.5 Å². The zero-order chi connectivity index (χ0) is 18.0.